The Morgan fingerprint density at radius 3 is 2.12 bits per heavy atom. The maximum Gasteiger partial charge on any atom is 0.573 e. The van der Waals surface area contributed by atoms with Crippen molar-refractivity contribution in [3.8, 4) is 5.75 Å². The van der Waals surface area contributed by atoms with E-state index >= 15 is 0 Å². The fourth-order valence-corrected chi connectivity index (χ4v) is 3.89. The van der Waals surface area contributed by atoms with Crippen LogP contribution in [-0.2, 0) is 11.3 Å². The summed E-state index contributed by atoms with van der Waals surface area (Å²) in [5.41, 5.74) is 1.72. The van der Waals surface area contributed by atoms with Gasteiger partial charge >= 0.3 is 18.5 Å². The minimum absolute atomic E-state index is 0.0710. The predicted octanol–water partition coefficient (Wildman–Crippen LogP) is 4.43. The van der Waals surface area contributed by atoms with Crippen molar-refractivity contribution >= 4 is 23.3 Å². The highest BCUT2D eigenvalue weighted by atomic mass is 19.4. The van der Waals surface area contributed by atoms with Crippen LogP contribution in [-0.4, -0.2) is 72.2 Å². The normalized spacial score (nSPS) is 14.0. The Labute approximate surface area is 235 Å². The SMILES string of the molecule is CN1CCN(c2cccc(Cn3cccc(C(=O)Nc4ccc(OC(F)(F)F)cc4)c3=O)c2)CC1.O=C(O)C(F)(F)F. The first-order chi connectivity index (χ1) is 19.6. The minimum atomic E-state index is -5.08. The number of aliphatic carboxylic acids is 1. The van der Waals surface area contributed by atoms with Crippen molar-refractivity contribution in [3.05, 3.63) is 88.3 Å². The number of rotatable bonds is 6. The molecule has 226 valence electrons. The molecule has 3 aromatic rings. The van der Waals surface area contributed by atoms with E-state index in [0.717, 1.165) is 49.6 Å². The Morgan fingerprint density at radius 1 is 0.929 bits per heavy atom. The number of aromatic nitrogens is 1. The molecule has 0 aliphatic carbocycles. The summed E-state index contributed by atoms with van der Waals surface area (Å²) < 4.78 is 73.9. The van der Waals surface area contributed by atoms with Gasteiger partial charge < -0.3 is 29.5 Å². The number of carboxylic acid groups (broad SMARTS) is 1. The van der Waals surface area contributed by atoms with Gasteiger partial charge in [-0.15, -0.1) is 13.2 Å². The van der Waals surface area contributed by atoms with Crippen LogP contribution in [0.4, 0.5) is 37.7 Å². The summed E-state index contributed by atoms with van der Waals surface area (Å²) in [7, 11) is 2.10. The number of nitrogens with one attached hydrogen (secondary N) is 1. The van der Waals surface area contributed by atoms with E-state index in [4.69, 9.17) is 9.90 Å². The molecule has 0 unspecified atom stereocenters. The first-order valence-electron chi connectivity index (χ1n) is 12.3. The number of carboxylic acids is 1. The molecular formula is C27H26F6N4O5. The smallest absolute Gasteiger partial charge is 0.475 e. The lowest BCUT2D eigenvalue weighted by atomic mass is 10.1. The van der Waals surface area contributed by atoms with Gasteiger partial charge in [-0.2, -0.15) is 13.2 Å². The largest absolute Gasteiger partial charge is 0.573 e. The average Bonchev–Trinajstić information content (AvgIpc) is 2.90. The number of hydrogen-bond acceptors (Lipinski definition) is 6. The van der Waals surface area contributed by atoms with Crippen molar-refractivity contribution in [2.45, 2.75) is 19.1 Å². The van der Waals surface area contributed by atoms with Crippen LogP contribution in [0.2, 0.25) is 0 Å². The number of likely N-dealkylation sites (N-methyl/N-ethyl adjacent to an activating group) is 1. The first-order valence-corrected chi connectivity index (χ1v) is 12.3. The summed E-state index contributed by atoms with van der Waals surface area (Å²) in [6.45, 7) is 4.13. The number of pyridine rings is 1. The molecule has 4 rings (SSSR count). The van der Waals surface area contributed by atoms with Gasteiger partial charge in [0.2, 0.25) is 0 Å². The Kier molecular flexibility index (Phi) is 10.2. The van der Waals surface area contributed by atoms with Crippen LogP contribution >= 0.6 is 0 Å². The maximum atomic E-state index is 13.0. The van der Waals surface area contributed by atoms with Gasteiger partial charge in [-0.05, 0) is 61.1 Å². The molecule has 15 heteroatoms. The quantitative estimate of drug-likeness (QED) is 0.404. The molecule has 0 bridgehead atoms. The van der Waals surface area contributed by atoms with Gasteiger partial charge in [0.05, 0.1) is 6.54 Å². The zero-order valence-corrected chi connectivity index (χ0v) is 22.1. The van der Waals surface area contributed by atoms with Gasteiger partial charge in [0, 0.05) is 43.8 Å². The van der Waals surface area contributed by atoms with E-state index in [1.54, 1.807) is 12.3 Å². The summed E-state index contributed by atoms with van der Waals surface area (Å²) >= 11 is 0. The highest BCUT2D eigenvalue weighted by Gasteiger charge is 2.38. The molecule has 42 heavy (non-hydrogen) atoms. The molecule has 0 radical (unpaired) electrons. The number of nitrogens with zero attached hydrogens (tertiary/aromatic N) is 3. The highest BCUT2D eigenvalue weighted by Crippen LogP contribution is 2.24. The molecular weight excluding hydrogens is 574 g/mol. The third-order valence-corrected chi connectivity index (χ3v) is 5.98. The van der Waals surface area contributed by atoms with Crippen LogP contribution in [0.25, 0.3) is 0 Å². The molecule has 1 aromatic heterocycles. The van der Waals surface area contributed by atoms with Crippen molar-refractivity contribution in [1.82, 2.24) is 9.47 Å². The fraction of sp³-hybridized carbons (Fsp3) is 0.296. The van der Waals surface area contributed by atoms with Crippen LogP contribution in [0.1, 0.15) is 15.9 Å². The second-order valence-corrected chi connectivity index (χ2v) is 9.14. The average molecular weight is 601 g/mol. The van der Waals surface area contributed by atoms with E-state index in [1.165, 1.54) is 22.8 Å². The Balaban J connectivity index is 0.000000616. The summed E-state index contributed by atoms with van der Waals surface area (Å²) in [6, 6.07) is 15.7. The van der Waals surface area contributed by atoms with Crippen molar-refractivity contribution in [3.63, 3.8) is 0 Å². The summed E-state index contributed by atoms with van der Waals surface area (Å²) in [5.74, 6) is -3.82. The molecule has 1 aliphatic heterocycles. The third-order valence-electron chi connectivity index (χ3n) is 5.98. The zero-order chi connectivity index (χ0) is 31.1. The molecule has 0 spiro atoms. The lowest BCUT2D eigenvalue weighted by Gasteiger charge is -2.34. The van der Waals surface area contributed by atoms with E-state index in [2.05, 4.69) is 33.0 Å². The predicted molar refractivity (Wildman–Crippen MR) is 141 cm³/mol. The van der Waals surface area contributed by atoms with Gasteiger partial charge in [-0.1, -0.05) is 12.1 Å². The molecule has 1 amide bonds. The molecule has 9 nitrogen and oxygen atoms in total. The Bertz CT molecular complexity index is 1430. The molecule has 1 saturated heterocycles. The number of carbonyl (C=O) groups is 2. The molecule has 2 N–H and O–H groups in total. The number of halogens is 6. The van der Waals surface area contributed by atoms with Crippen molar-refractivity contribution < 1.29 is 45.8 Å². The lowest BCUT2D eigenvalue weighted by molar-refractivity contribution is -0.274. The molecule has 1 fully saturated rings. The number of benzene rings is 2. The van der Waals surface area contributed by atoms with Crippen molar-refractivity contribution in [2.75, 3.05) is 43.4 Å². The van der Waals surface area contributed by atoms with Gasteiger partial charge in [-0.3, -0.25) is 9.59 Å². The number of ether oxygens (including phenoxy) is 1. The van der Waals surface area contributed by atoms with E-state index in [1.807, 2.05) is 18.2 Å². The number of piperazine rings is 1. The number of anilines is 2. The maximum absolute atomic E-state index is 13.0. The van der Waals surface area contributed by atoms with Crippen molar-refractivity contribution in [1.29, 1.82) is 0 Å². The minimum Gasteiger partial charge on any atom is -0.475 e. The van der Waals surface area contributed by atoms with Crippen LogP contribution < -0.4 is 20.5 Å². The van der Waals surface area contributed by atoms with E-state index in [-0.39, 0.29) is 11.3 Å². The van der Waals surface area contributed by atoms with Gasteiger partial charge in [0.1, 0.15) is 11.3 Å². The molecule has 1 aliphatic rings. The number of carbonyl (C=O) groups excluding carboxylic acids is 1. The topological polar surface area (TPSA) is 104 Å². The lowest BCUT2D eigenvalue weighted by Crippen LogP contribution is -2.44. The van der Waals surface area contributed by atoms with Crippen LogP contribution in [0.5, 0.6) is 5.75 Å². The highest BCUT2D eigenvalue weighted by molar-refractivity contribution is 6.04. The van der Waals surface area contributed by atoms with E-state index in [9.17, 15) is 35.9 Å². The summed E-state index contributed by atoms with van der Waals surface area (Å²) in [5, 5.41) is 9.66. The summed E-state index contributed by atoms with van der Waals surface area (Å²) in [4.78, 5) is 39.2. The van der Waals surface area contributed by atoms with Crippen LogP contribution in [0, 0.1) is 0 Å². The first kappa shape index (κ1) is 32.0. The molecule has 2 heterocycles. The van der Waals surface area contributed by atoms with E-state index < -0.39 is 35.7 Å². The van der Waals surface area contributed by atoms with Gasteiger partial charge in [0.15, 0.2) is 0 Å². The molecule has 0 saturated carbocycles. The van der Waals surface area contributed by atoms with Crippen LogP contribution in [0.3, 0.4) is 0 Å². The van der Waals surface area contributed by atoms with Gasteiger partial charge in [-0.25, -0.2) is 4.79 Å². The Hall–Kier alpha value is -4.53. The zero-order valence-electron chi connectivity index (χ0n) is 22.1. The number of hydrogen-bond donors (Lipinski definition) is 2. The standard InChI is InChI=1S/C25H25F3N4O3.C2HF3O2/c1-30-12-14-31(15-13-30)20-5-2-4-18(16-20)17-32-11-3-6-22(24(32)34)23(33)29-19-7-9-21(10-8-19)35-25(26,27)28;3-2(4,5)1(6)7/h2-11,16H,12-15,17H2,1H3,(H,29,33);(H,6,7). The van der Waals surface area contributed by atoms with E-state index in [0.29, 0.717) is 6.54 Å². The van der Waals surface area contributed by atoms with Gasteiger partial charge in [0.25, 0.3) is 11.5 Å². The molecule has 2 aromatic carbocycles. The second-order valence-electron chi connectivity index (χ2n) is 9.14. The molecule has 0 atom stereocenters. The summed E-state index contributed by atoms with van der Waals surface area (Å²) in [6.07, 6.45) is -8.27. The van der Waals surface area contributed by atoms with Crippen LogP contribution in [0.15, 0.2) is 71.7 Å². The van der Waals surface area contributed by atoms with Crippen molar-refractivity contribution in [2.24, 2.45) is 0 Å². The number of alkyl halides is 6. The Morgan fingerprint density at radius 2 is 1.55 bits per heavy atom. The monoisotopic (exact) mass is 600 g/mol. The third kappa shape index (κ3) is 9.54. The number of amides is 1. The fourth-order valence-electron chi connectivity index (χ4n) is 3.89. The second kappa shape index (κ2) is 13.4.